The Morgan fingerprint density at radius 2 is 2.09 bits per heavy atom. The molecule has 4 N–H and O–H groups in total. The summed E-state index contributed by atoms with van der Waals surface area (Å²) in [6, 6.07) is 3.79. The van der Waals surface area contributed by atoms with E-state index in [0.717, 1.165) is 16.2 Å². The predicted octanol–water partition coefficient (Wildman–Crippen LogP) is 0.880. The molecule has 34 heavy (non-hydrogen) atoms. The van der Waals surface area contributed by atoms with E-state index in [9.17, 15) is 29.6 Å². The number of anilines is 1. The lowest BCUT2D eigenvalue weighted by Crippen LogP contribution is -2.72. The van der Waals surface area contributed by atoms with Gasteiger partial charge in [-0.15, -0.1) is 23.1 Å². The number of nitro groups is 1. The number of aliphatic carboxylic acids is 1. The number of amides is 2. The number of hydrogen-bond acceptors (Lipinski definition) is 11. The van der Waals surface area contributed by atoms with E-state index in [1.807, 2.05) is 0 Å². The smallest absolute Gasteiger partial charge is 0.353 e. The summed E-state index contributed by atoms with van der Waals surface area (Å²) >= 11 is 2.28. The number of nitrogen functional groups attached to an aromatic ring is 1. The van der Waals surface area contributed by atoms with Crippen LogP contribution in [-0.4, -0.2) is 68.4 Å². The van der Waals surface area contributed by atoms with Gasteiger partial charge >= 0.3 is 5.97 Å². The first kappa shape index (κ1) is 23.2. The summed E-state index contributed by atoms with van der Waals surface area (Å²) in [6.45, 7) is 0. The third-order valence-electron chi connectivity index (χ3n) is 5.07. The van der Waals surface area contributed by atoms with Crippen molar-refractivity contribution in [3.8, 4) is 0 Å². The number of rotatable bonds is 7. The molecule has 4 rings (SSSR count). The summed E-state index contributed by atoms with van der Waals surface area (Å²) in [7, 11) is 1.25. The molecular weight excluding hydrogens is 488 g/mol. The van der Waals surface area contributed by atoms with E-state index in [0.29, 0.717) is 16.2 Å². The van der Waals surface area contributed by atoms with Crippen molar-refractivity contribution in [3.05, 3.63) is 56.7 Å². The summed E-state index contributed by atoms with van der Waals surface area (Å²) in [6.07, 6.45) is 0. The Kier molecular flexibility index (Phi) is 6.21. The van der Waals surface area contributed by atoms with E-state index in [1.165, 1.54) is 48.5 Å². The Bertz CT molecular complexity index is 1260. The highest BCUT2D eigenvalue weighted by Crippen LogP contribution is 2.43. The molecule has 0 radical (unpaired) electrons. The van der Waals surface area contributed by atoms with Crippen LogP contribution in [0.25, 0.3) is 4.91 Å². The molecule has 176 valence electrons. The summed E-state index contributed by atoms with van der Waals surface area (Å²) in [4.78, 5) is 58.2. The van der Waals surface area contributed by atoms with E-state index < -0.39 is 34.8 Å². The largest absolute Gasteiger partial charge is 0.477 e. The third-order valence-corrected chi connectivity index (χ3v) is 6.97. The Morgan fingerprint density at radius 1 is 1.38 bits per heavy atom. The van der Waals surface area contributed by atoms with E-state index in [-0.39, 0.29) is 27.9 Å². The first-order valence-corrected chi connectivity index (χ1v) is 11.4. The predicted molar refractivity (Wildman–Crippen MR) is 123 cm³/mol. The number of carboxylic acids is 1. The minimum Gasteiger partial charge on any atom is -0.477 e. The second-order valence-corrected chi connectivity index (χ2v) is 8.94. The highest BCUT2D eigenvalue weighted by Gasteiger charge is 2.54. The summed E-state index contributed by atoms with van der Waals surface area (Å²) in [5.41, 5.74) is 5.66. The number of thiazole rings is 1. The van der Waals surface area contributed by atoms with Gasteiger partial charge in [-0.25, -0.2) is 9.78 Å². The van der Waals surface area contributed by atoms with Gasteiger partial charge in [0.2, 0.25) is 0 Å². The highest BCUT2D eigenvalue weighted by molar-refractivity contribution is 8.08. The number of thioether (sulfide) groups is 1. The SMILES string of the molecule is CO/N=C(/C(=O)NC1C(=O)N2C(C(=O)O)=C(c3ccc([N+](=O)[O-])cc3)SCC12)c1csc(N)n1. The fraction of sp³-hybridized carbons (Fsp3) is 0.211. The van der Waals surface area contributed by atoms with E-state index >= 15 is 0 Å². The summed E-state index contributed by atoms with van der Waals surface area (Å²) < 4.78 is 0. The van der Waals surface area contributed by atoms with Gasteiger partial charge in [0.05, 0.1) is 11.0 Å². The lowest BCUT2D eigenvalue weighted by atomic mass is 9.94. The van der Waals surface area contributed by atoms with E-state index in [4.69, 9.17) is 10.6 Å². The van der Waals surface area contributed by atoms with Gasteiger partial charge in [-0.1, -0.05) is 5.16 Å². The quantitative estimate of drug-likeness (QED) is 0.211. The number of nitro benzene ring substituents is 1. The Labute approximate surface area is 199 Å². The molecule has 0 spiro atoms. The van der Waals surface area contributed by atoms with Gasteiger partial charge in [0.25, 0.3) is 17.5 Å². The molecule has 0 saturated carbocycles. The van der Waals surface area contributed by atoms with Crippen molar-refractivity contribution >= 4 is 62.3 Å². The molecule has 1 saturated heterocycles. The highest BCUT2D eigenvalue weighted by atomic mass is 32.2. The Hall–Kier alpha value is -3.98. The molecule has 0 bridgehead atoms. The maximum atomic E-state index is 12.9. The lowest BCUT2D eigenvalue weighted by Gasteiger charge is -2.49. The van der Waals surface area contributed by atoms with Crippen molar-refractivity contribution in [2.75, 3.05) is 18.6 Å². The zero-order valence-electron chi connectivity index (χ0n) is 17.3. The van der Waals surface area contributed by atoms with Crippen LogP contribution < -0.4 is 11.1 Å². The average Bonchev–Trinajstić information content (AvgIpc) is 3.25. The number of benzene rings is 1. The molecule has 2 atom stereocenters. The first-order valence-electron chi connectivity index (χ1n) is 9.54. The molecule has 15 heteroatoms. The van der Waals surface area contributed by atoms with Gasteiger partial charge in [-0.3, -0.25) is 24.6 Å². The van der Waals surface area contributed by atoms with Crippen molar-refractivity contribution in [1.82, 2.24) is 15.2 Å². The molecular formula is C19H16N6O7S2. The van der Waals surface area contributed by atoms with Crippen LogP contribution in [0.5, 0.6) is 0 Å². The third kappa shape index (κ3) is 4.06. The number of nitrogens with zero attached hydrogens (tertiary/aromatic N) is 4. The number of carbonyl (C=O) groups excluding carboxylic acids is 2. The number of oxime groups is 1. The molecule has 0 aliphatic carbocycles. The molecule has 13 nitrogen and oxygen atoms in total. The number of hydrogen-bond donors (Lipinski definition) is 3. The monoisotopic (exact) mass is 504 g/mol. The maximum absolute atomic E-state index is 12.9. The van der Waals surface area contributed by atoms with E-state index in [2.05, 4.69) is 15.5 Å². The van der Waals surface area contributed by atoms with Gasteiger partial charge in [0.1, 0.15) is 24.5 Å². The molecule has 1 fully saturated rings. The van der Waals surface area contributed by atoms with Crippen molar-refractivity contribution in [2.24, 2.45) is 5.16 Å². The summed E-state index contributed by atoms with van der Waals surface area (Å²) in [5, 5.41) is 28.7. The van der Waals surface area contributed by atoms with Crippen molar-refractivity contribution in [2.45, 2.75) is 12.1 Å². The van der Waals surface area contributed by atoms with Crippen molar-refractivity contribution in [3.63, 3.8) is 0 Å². The average molecular weight is 505 g/mol. The molecule has 2 amide bonds. The lowest BCUT2D eigenvalue weighted by molar-refractivity contribution is -0.384. The van der Waals surface area contributed by atoms with Gasteiger partial charge in [0, 0.05) is 28.2 Å². The molecule has 2 unspecified atom stereocenters. The van der Waals surface area contributed by atoms with E-state index in [1.54, 1.807) is 0 Å². The molecule has 2 aliphatic rings. The number of nitrogens with one attached hydrogen (secondary N) is 1. The second-order valence-electron chi connectivity index (χ2n) is 7.02. The fourth-order valence-corrected chi connectivity index (χ4v) is 5.40. The van der Waals surface area contributed by atoms with Crippen LogP contribution >= 0.6 is 23.1 Å². The van der Waals surface area contributed by atoms with Gasteiger partial charge in [0.15, 0.2) is 10.8 Å². The number of fused-ring (bicyclic) bond motifs is 1. The van der Waals surface area contributed by atoms with Crippen LogP contribution in [0.1, 0.15) is 11.3 Å². The number of nitrogens with two attached hydrogens (primary N) is 1. The van der Waals surface area contributed by atoms with Crippen LogP contribution in [-0.2, 0) is 19.2 Å². The first-order chi connectivity index (χ1) is 16.2. The van der Waals surface area contributed by atoms with Crippen LogP contribution in [0.4, 0.5) is 10.8 Å². The van der Waals surface area contributed by atoms with Crippen LogP contribution in [0.15, 0.2) is 40.5 Å². The molecule has 1 aromatic carbocycles. The molecule has 2 aliphatic heterocycles. The zero-order valence-corrected chi connectivity index (χ0v) is 19.0. The number of carboxylic acid groups (broad SMARTS) is 1. The van der Waals surface area contributed by atoms with Crippen LogP contribution in [0, 0.1) is 10.1 Å². The number of β-lactam (4-membered cyclic amide) rings is 1. The Balaban J connectivity index is 1.58. The van der Waals surface area contributed by atoms with Crippen LogP contribution in [0.3, 0.4) is 0 Å². The Morgan fingerprint density at radius 3 is 2.65 bits per heavy atom. The number of aromatic nitrogens is 1. The number of non-ortho nitro benzene ring substituents is 1. The minimum absolute atomic E-state index is 0.141. The van der Waals surface area contributed by atoms with Crippen molar-refractivity contribution in [1.29, 1.82) is 0 Å². The van der Waals surface area contributed by atoms with Gasteiger partial charge in [-0.05, 0) is 17.7 Å². The molecule has 2 aromatic rings. The topological polar surface area (TPSA) is 190 Å². The van der Waals surface area contributed by atoms with Gasteiger partial charge < -0.3 is 21.0 Å². The maximum Gasteiger partial charge on any atom is 0.353 e. The normalized spacial score (nSPS) is 19.9. The second kappa shape index (κ2) is 9.11. The molecule has 3 heterocycles. The zero-order chi connectivity index (χ0) is 24.6. The molecule has 1 aromatic heterocycles. The van der Waals surface area contributed by atoms with Crippen molar-refractivity contribution < 1.29 is 29.3 Å². The summed E-state index contributed by atoms with van der Waals surface area (Å²) in [5.74, 6) is -2.37. The fourth-order valence-electron chi connectivity index (χ4n) is 3.55. The minimum atomic E-state index is -1.33. The van der Waals surface area contributed by atoms with Gasteiger partial charge in [-0.2, -0.15) is 0 Å². The number of carbonyl (C=O) groups is 3. The van der Waals surface area contributed by atoms with Crippen LogP contribution in [0.2, 0.25) is 0 Å². The standard InChI is InChI=1S/C19H16N6O7S2/c1-32-23-12(10-6-34-19(20)21-10)16(26)22-13-11-7-33-15(14(18(28)29)24(11)17(13)27)8-2-4-9(5-3-8)25(30)31/h2-6,11,13H,7H2,1H3,(H2,20,21)(H,22,26)(H,28,29)/b23-12+.